The number of aryl methyl sites for hydroxylation is 2. The van der Waals surface area contributed by atoms with E-state index >= 15 is 0 Å². The van der Waals surface area contributed by atoms with Crippen LogP contribution >= 0.6 is 23.2 Å². The fraction of sp³-hybridized carbons (Fsp3) is 0.192. The summed E-state index contributed by atoms with van der Waals surface area (Å²) in [6.07, 6.45) is 0.0571. The van der Waals surface area contributed by atoms with Gasteiger partial charge in [0.1, 0.15) is 0 Å². The Balaban J connectivity index is 1.43. The number of amides is 3. The lowest BCUT2D eigenvalue weighted by Gasteiger charge is -2.18. The van der Waals surface area contributed by atoms with Gasteiger partial charge in [-0.1, -0.05) is 47.0 Å². The molecule has 1 aliphatic rings. The molecule has 0 aromatic heterocycles. The van der Waals surface area contributed by atoms with Crippen LogP contribution in [-0.2, 0) is 9.59 Å². The first kappa shape index (κ1) is 23.8. The summed E-state index contributed by atoms with van der Waals surface area (Å²) in [5.41, 5.74) is 4.18. The SMILES string of the molecule is Cc1ccc(NC(=O)c2cccc(NC(=O)[C@@H]3CC(=O)N(c4cc(Cl)ccc4Cl)C3)c2)c(C)c1. The predicted octanol–water partition coefficient (Wildman–Crippen LogP) is 5.85. The van der Waals surface area contributed by atoms with E-state index in [1.54, 1.807) is 42.5 Å². The smallest absolute Gasteiger partial charge is 0.255 e. The molecule has 1 fully saturated rings. The number of halogens is 2. The lowest BCUT2D eigenvalue weighted by molar-refractivity contribution is -0.122. The molecule has 1 atom stereocenters. The van der Waals surface area contributed by atoms with E-state index in [0.717, 1.165) is 16.8 Å². The number of carbonyl (C=O) groups excluding carboxylic acids is 3. The van der Waals surface area contributed by atoms with E-state index in [0.29, 0.717) is 27.0 Å². The van der Waals surface area contributed by atoms with E-state index in [-0.39, 0.29) is 30.7 Å². The Morgan fingerprint density at radius 3 is 2.53 bits per heavy atom. The van der Waals surface area contributed by atoms with Gasteiger partial charge >= 0.3 is 0 Å². The molecule has 0 radical (unpaired) electrons. The fourth-order valence-electron chi connectivity index (χ4n) is 3.94. The minimum atomic E-state index is -0.560. The third-order valence-corrected chi connectivity index (χ3v) is 6.27. The molecular weight excluding hydrogens is 473 g/mol. The summed E-state index contributed by atoms with van der Waals surface area (Å²) in [4.78, 5) is 39.7. The monoisotopic (exact) mass is 495 g/mol. The van der Waals surface area contributed by atoms with Gasteiger partial charge < -0.3 is 15.5 Å². The molecule has 1 heterocycles. The second-order valence-corrected chi connectivity index (χ2v) is 9.19. The number of carbonyl (C=O) groups is 3. The summed E-state index contributed by atoms with van der Waals surface area (Å²) in [5.74, 6) is -1.34. The Morgan fingerprint density at radius 2 is 1.76 bits per heavy atom. The largest absolute Gasteiger partial charge is 0.326 e. The Labute approximate surface area is 207 Å². The molecule has 2 N–H and O–H groups in total. The van der Waals surface area contributed by atoms with E-state index in [1.807, 2.05) is 32.0 Å². The zero-order valence-corrected chi connectivity index (χ0v) is 20.2. The summed E-state index contributed by atoms with van der Waals surface area (Å²) in [6.45, 7) is 4.12. The van der Waals surface area contributed by atoms with Crippen LogP contribution in [0.5, 0.6) is 0 Å². The highest BCUT2D eigenvalue weighted by Gasteiger charge is 2.36. The van der Waals surface area contributed by atoms with Gasteiger partial charge in [0.2, 0.25) is 11.8 Å². The van der Waals surface area contributed by atoms with Crippen molar-refractivity contribution in [2.24, 2.45) is 5.92 Å². The molecule has 6 nitrogen and oxygen atoms in total. The molecule has 4 rings (SSSR count). The molecule has 8 heteroatoms. The molecule has 3 amide bonds. The number of nitrogens with zero attached hydrogens (tertiary/aromatic N) is 1. The van der Waals surface area contributed by atoms with Gasteiger partial charge in [0.05, 0.1) is 16.6 Å². The van der Waals surface area contributed by atoms with Crippen LogP contribution in [0.3, 0.4) is 0 Å². The Morgan fingerprint density at radius 1 is 0.971 bits per heavy atom. The minimum absolute atomic E-state index is 0.0571. The maximum Gasteiger partial charge on any atom is 0.255 e. The summed E-state index contributed by atoms with van der Waals surface area (Å²) in [7, 11) is 0. The fourth-order valence-corrected chi connectivity index (χ4v) is 4.33. The summed E-state index contributed by atoms with van der Waals surface area (Å²) in [5, 5.41) is 6.57. The molecule has 0 aliphatic carbocycles. The van der Waals surface area contributed by atoms with Gasteiger partial charge in [-0.2, -0.15) is 0 Å². The number of rotatable bonds is 5. The van der Waals surface area contributed by atoms with Crippen LogP contribution in [0.15, 0.2) is 60.7 Å². The van der Waals surface area contributed by atoms with Crippen molar-refractivity contribution < 1.29 is 14.4 Å². The molecule has 34 heavy (non-hydrogen) atoms. The first-order valence-electron chi connectivity index (χ1n) is 10.8. The van der Waals surface area contributed by atoms with Crippen LogP contribution in [0.4, 0.5) is 17.1 Å². The molecular formula is C26H23Cl2N3O3. The molecule has 1 aliphatic heterocycles. The first-order chi connectivity index (χ1) is 16.2. The van der Waals surface area contributed by atoms with Gasteiger partial charge in [-0.05, 0) is 61.9 Å². The maximum atomic E-state index is 12.9. The van der Waals surface area contributed by atoms with E-state index in [1.165, 1.54) is 4.90 Å². The van der Waals surface area contributed by atoms with Crippen LogP contribution in [0.1, 0.15) is 27.9 Å². The summed E-state index contributed by atoms with van der Waals surface area (Å²) < 4.78 is 0. The topological polar surface area (TPSA) is 78.5 Å². The predicted molar refractivity (Wildman–Crippen MR) is 136 cm³/mol. The van der Waals surface area contributed by atoms with E-state index in [4.69, 9.17) is 23.2 Å². The Bertz CT molecular complexity index is 1290. The van der Waals surface area contributed by atoms with Gasteiger partial charge in [-0.15, -0.1) is 0 Å². The number of nitrogens with one attached hydrogen (secondary N) is 2. The van der Waals surface area contributed by atoms with E-state index in [9.17, 15) is 14.4 Å². The molecule has 0 unspecified atom stereocenters. The summed E-state index contributed by atoms with van der Waals surface area (Å²) in [6, 6.07) is 17.4. The van der Waals surface area contributed by atoms with E-state index < -0.39 is 5.92 Å². The first-order valence-corrected chi connectivity index (χ1v) is 11.5. The van der Waals surface area contributed by atoms with Crippen molar-refractivity contribution in [3.63, 3.8) is 0 Å². The average Bonchev–Trinajstić information content (AvgIpc) is 3.19. The van der Waals surface area contributed by atoms with Gasteiger partial charge in [0, 0.05) is 34.9 Å². The lowest BCUT2D eigenvalue weighted by Crippen LogP contribution is -2.28. The normalized spacial score (nSPS) is 15.4. The Hall–Kier alpha value is -3.35. The van der Waals surface area contributed by atoms with Gasteiger partial charge in [-0.25, -0.2) is 0 Å². The van der Waals surface area contributed by atoms with Crippen molar-refractivity contribution in [1.29, 1.82) is 0 Å². The van der Waals surface area contributed by atoms with Crippen LogP contribution in [0.2, 0.25) is 10.0 Å². The number of anilines is 3. The van der Waals surface area contributed by atoms with Crippen molar-refractivity contribution >= 4 is 58.0 Å². The third-order valence-electron chi connectivity index (χ3n) is 5.72. The quantitative estimate of drug-likeness (QED) is 0.465. The second kappa shape index (κ2) is 9.87. The van der Waals surface area contributed by atoms with Crippen LogP contribution < -0.4 is 15.5 Å². The molecule has 0 spiro atoms. The van der Waals surface area contributed by atoms with Crippen molar-refractivity contribution in [1.82, 2.24) is 0 Å². The third kappa shape index (κ3) is 5.24. The average molecular weight is 496 g/mol. The zero-order chi connectivity index (χ0) is 24.4. The van der Waals surface area contributed by atoms with Crippen LogP contribution in [0.25, 0.3) is 0 Å². The number of hydrogen-bond donors (Lipinski definition) is 2. The highest BCUT2D eigenvalue weighted by atomic mass is 35.5. The number of hydrogen-bond acceptors (Lipinski definition) is 3. The van der Waals surface area contributed by atoms with Gasteiger partial charge in [-0.3, -0.25) is 14.4 Å². The maximum absolute atomic E-state index is 12.9. The van der Waals surface area contributed by atoms with Gasteiger partial charge in [0.25, 0.3) is 5.91 Å². The highest BCUT2D eigenvalue weighted by molar-refractivity contribution is 6.36. The molecule has 174 valence electrons. The molecule has 0 bridgehead atoms. The van der Waals surface area contributed by atoms with Crippen LogP contribution in [-0.4, -0.2) is 24.3 Å². The Kier molecular flexibility index (Phi) is 6.91. The standard InChI is InChI=1S/C26H23Cl2N3O3/c1-15-6-9-22(16(2)10-15)30-25(33)17-4-3-5-20(11-17)29-26(34)18-12-24(32)31(14-18)23-13-19(27)7-8-21(23)28/h3-11,13,18H,12,14H2,1-2H3,(H,29,34)(H,30,33)/t18-/m1/s1. The van der Waals surface area contributed by atoms with E-state index in [2.05, 4.69) is 10.6 Å². The molecule has 1 saturated heterocycles. The van der Waals surface area contributed by atoms with Gasteiger partial charge in [0.15, 0.2) is 0 Å². The van der Waals surface area contributed by atoms with Crippen molar-refractivity contribution in [3.05, 3.63) is 87.4 Å². The molecule has 3 aromatic carbocycles. The summed E-state index contributed by atoms with van der Waals surface area (Å²) >= 11 is 12.3. The highest BCUT2D eigenvalue weighted by Crippen LogP contribution is 2.33. The minimum Gasteiger partial charge on any atom is -0.326 e. The zero-order valence-electron chi connectivity index (χ0n) is 18.7. The van der Waals surface area contributed by atoms with Crippen molar-refractivity contribution in [3.8, 4) is 0 Å². The number of benzene rings is 3. The molecule has 0 saturated carbocycles. The second-order valence-electron chi connectivity index (χ2n) is 8.34. The lowest BCUT2D eigenvalue weighted by atomic mass is 10.1. The van der Waals surface area contributed by atoms with Crippen molar-refractivity contribution in [2.45, 2.75) is 20.3 Å². The van der Waals surface area contributed by atoms with Crippen LogP contribution in [0, 0.1) is 19.8 Å². The molecule has 3 aromatic rings. The van der Waals surface area contributed by atoms with Crippen molar-refractivity contribution in [2.75, 3.05) is 22.1 Å².